The number of benzene rings is 3. The number of nitro benzene ring substituents is 1. The number of carbonyl (C=O) groups excluding carboxylic acids is 1. The summed E-state index contributed by atoms with van der Waals surface area (Å²) in [6.45, 7) is 5.79. The molecule has 5 rings (SSSR count). The Morgan fingerprint density at radius 1 is 1.04 bits per heavy atom. The lowest BCUT2D eigenvalue weighted by molar-refractivity contribution is -0.385. The minimum atomic E-state index is -0.952. The molecular formula is C35H35N3O9S. The number of nitrogens with zero attached hydrogens (tertiary/aromatic N) is 3. The molecule has 0 saturated carbocycles. The Hall–Kier alpha value is -5.27. The molecular weight excluding hydrogens is 638 g/mol. The lowest BCUT2D eigenvalue weighted by atomic mass is 9.95. The van der Waals surface area contributed by atoms with Crippen LogP contribution < -0.4 is 29.1 Å². The van der Waals surface area contributed by atoms with Crippen molar-refractivity contribution >= 4 is 29.1 Å². The van der Waals surface area contributed by atoms with Gasteiger partial charge in [-0.05, 0) is 44.5 Å². The fourth-order valence-corrected chi connectivity index (χ4v) is 6.27. The topological polar surface area (TPSA) is 141 Å². The molecule has 0 radical (unpaired) electrons. The molecule has 0 amide bonds. The van der Waals surface area contributed by atoms with E-state index >= 15 is 0 Å². The Labute approximate surface area is 280 Å². The quantitative estimate of drug-likeness (QED) is 0.0854. The van der Waals surface area contributed by atoms with Crippen LogP contribution in [0.4, 0.5) is 5.69 Å². The molecule has 1 aliphatic heterocycles. The molecule has 0 bridgehead atoms. The van der Waals surface area contributed by atoms with Gasteiger partial charge in [0.05, 0.1) is 52.2 Å². The van der Waals surface area contributed by atoms with E-state index in [1.165, 1.54) is 37.0 Å². The Balaban J connectivity index is 1.65. The Morgan fingerprint density at radius 2 is 1.77 bits per heavy atom. The zero-order chi connectivity index (χ0) is 34.4. The molecule has 3 aromatic carbocycles. The zero-order valence-electron chi connectivity index (χ0n) is 27.1. The van der Waals surface area contributed by atoms with E-state index in [1.54, 1.807) is 31.2 Å². The summed E-state index contributed by atoms with van der Waals surface area (Å²) in [5, 5.41) is 12.3. The van der Waals surface area contributed by atoms with Crippen LogP contribution in [0.2, 0.25) is 0 Å². The van der Waals surface area contributed by atoms with E-state index < -0.39 is 22.5 Å². The average molecular weight is 674 g/mol. The number of hydrogen-bond donors (Lipinski definition) is 0. The molecule has 0 N–H and O–H groups in total. The Morgan fingerprint density at radius 3 is 2.46 bits per heavy atom. The van der Waals surface area contributed by atoms with Gasteiger partial charge in [-0.1, -0.05) is 59.9 Å². The zero-order valence-corrected chi connectivity index (χ0v) is 27.9. The fraction of sp³-hybridized carbons (Fsp3) is 0.286. The van der Waals surface area contributed by atoms with Crippen molar-refractivity contribution in [2.24, 2.45) is 4.99 Å². The van der Waals surface area contributed by atoms with Crippen molar-refractivity contribution in [3.8, 4) is 17.2 Å². The van der Waals surface area contributed by atoms with Gasteiger partial charge in [0.25, 0.3) is 11.2 Å². The average Bonchev–Trinajstić information content (AvgIpc) is 3.37. The smallest absolute Gasteiger partial charge is 0.338 e. The van der Waals surface area contributed by atoms with Gasteiger partial charge in [0.1, 0.15) is 25.0 Å². The number of carbonyl (C=O) groups is 1. The first-order valence-electron chi connectivity index (χ1n) is 15.1. The van der Waals surface area contributed by atoms with Gasteiger partial charge in [0.2, 0.25) is 0 Å². The van der Waals surface area contributed by atoms with E-state index in [2.05, 4.69) is 4.99 Å². The van der Waals surface area contributed by atoms with Gasteiger partial charge in [-0.2, -0.15) is 0 Å². The number of ether oxygens (including phenoxy) is 5. The number of thiazole rings is 1. The summed E-state index contributed by atoms with van der Waals surface area (Å²) < 4.78 is 29.6. The number of rotatable bonds is 13. The van der Waals surface area contributed by atoms with Gasteiger partial charge < -0.3 is 23.7 Å². The number of hydrogen-bond acceptors (Lipinski definition) is 11. The highest BCUT2D eigenvalue weighted by atomic mass is 32.1. The van der Waals surface area contributed by atoms with Crippen LogP contribution in [0.5, 0.6) is 17.2 Å². The van der Waals surface area contributed by atoms with Crippen molar-refractivity contribution < 1.29 is 33.4 Å². The van der Waals surface area contributed by atoms with Gasteiger partial charge in [0.15, 0.2) is 16.3 Å². The highest BCUT2D eigenvalue weighted by Crippen LogP contribution is 2.37. The van der Waals surface area contributed by atoms with Crippen LogP contribution in [0, 0.1) is 10.1 Å². The molecule has 1 atom stereocenters. The van der Waals surface area contributed by atoms with Crippen LogP contribution in [-0.4, -0.2) is 49.0 Å². The van der Waals surface area contributed by atoms with Gasteiger partial charge in [-0.25, -0.2) is 9.79 Å². The summed E-state index contributed by atoms with van der Waals surface area (Å²) in [5.74, 6) is 0.264. The number of fused-ring (bicyclic) bond motifs is 1. The van der Waals surface area contributed by atoms with E-state index in [0.29, 0.717) is 21.8 Å². The first-order valence-corrected chi connectivity index (χ1v) is 15.9. The lowest BCUT2D eigenvalue weighted by Gasteiger charge is -2.27. The molecule has 0 spiro atoms. The number of aromatic nitrogens is 1. The van der Waals surface area contributed by atoms with Gasteiger partial charge in [0, 0.05) is 12.7 Å². The molecule has 13 heteroatoms. The van der Waals surface area contributed by atoms with Gasteiger partial charge in [-0.15, -0.1) is 0 Å². The highest BCUT2D eigenvalue weighted by molar-refractivity contribution is 7.07. The van der Waals surface area contributed by atoms with Crippen molar-refractivity contribution in [2.45, 2.75) is 39.5 Å². The maximum atomic E-state index is 14.3. The van der Waals surface area contributed by atoms with Crippen molar-refractivity contribution in [1.82, 2.24) is 4.57 Å². The molecule has 12 nitrogen and oxygen atoms in total. The molecule has 2 heterocycles. The molecule has 0 unspecified atom stereocenters. The molecule has 1 aromatic heterocycles. The molecule has 0 aliphatic carbocycles. The molecule has 250 valence electrons. The van der Waals surface area contributed by atoms with Crippen molar-refractivity contribution in [1.29, 1.82) is 0 Å². The van der Waals surface area contributed by atoms with Crippen LogP contribution in [-0.2, 0) is 20.9 Å². The van der Waals surface area contributed by atoms with Crippen LogP contribution in [0.15, 0.2) is 87.8 Å². The summed E-state index contributed by atoms with van der Waals surface area (Å²) in [6, 6.07) is 18.3. The summed E-state index contributed by atoms with van der Waals surface area (Å²) >= 11 is 1.05. The number of nitro groups is 1. The summed E-state index contributed by atoms with van der Waals surface area (Å²) in [4.78, 5) is 44.4. The van der Waals surface area contributed by atoms with E-state index in [-0.39, 0.29) is 58.8 Å². The van der Waals surface area contributed by atoms with E-state index in [0.717, 1.165) is 16.9 Å². The molecule has 48 heavy (non-hydrogen) atoms. The van der Waals surface area contributed by atoms with Crippen molar-refractivity contribution in [3.05, 3.63) is 124 Å². The standard InChI is InChI=1S/C35H35N3O9S/c1-21(2)47-27-14-10-9-13-25(27)32-31(34(40)45-16-15-43-4)22(3)36-35-37(32)33(39)30(48-35)18-24-17-28(44-5)29(19-26(24)38(41)42)46-20-23-11-7-6-8-12-23/h6-14,17-19,21,32H,15-16,20H2,1-5H3/b30-18+/t32-/m0/s1. The summed E-state index contributed by atoms with van der Waals surface area (Å²) in [7, 11) is 2.93. The highest BCUT2D eigenvalue weighted by Gasteiger charge is 2.35. The monoisotopic (exact) mass is 673 g/mol. The maximum absolute atomic E-state index is 14.3. The lowest BCUT2D eigenvalue weighted by Crippen LogP contribution is -2.40. The molecule has 1 aliphatic rings. The Bertz CT molecular complexity index is 2030. The van der Waals surface area contributed by atoms with Crippen molar-refractivity contribution in [3.63, 3.8) is 0 Å². The van der Waals surface area contributed by atoms with E-state index in [9.17, 15) is 19.7 Å². The number of methoxy groups -OCH3 is 2. The molecule has 0 fully saturated rings. The van der Waals surface area contributed by atoms with Crippen LogP contribution >= 0.6 is 11.3 Å². The van der Waals surface area contributed by atoms with Crippen molar-refractivity contribution in [2.75, 3.05) is 27.4 Å². The van der Waals surface area contributed by atoms with Gasteiger partial charge in [-0.3, -0.25) is 19.5 Å². The first kappa shape index (κ1) is 34.1. The number of allylic oxidation sites excluding steroid dienone is 1. The van der Waals surface area contributed by atoms with Gasteiger partial charge >= 0.3 is 5.97 Å². The third-order valence-electron chi connectivity index (χ3n) is 7.37. The number of esters is 1. The van der Waals surface area contributed by atoms with Crippen LogP contribution in [0.25, 0.3) is 6.08 Å². The SMILES string of the molecule is COCCOC(=O)C1=C(C)N=c2s/c(=C/c3cc(OC)c(OCc4ccccc4)cc3[N+](=O)[O-])c(=O)n2[C@H]1c1ccccc1OC(C)C. The van der Waals surface area contributed by atoms with E-state index in [1.807, 2.05) is 44.2 Å². The van der Waals surface area contributed by atoms with Crippen LogP contribution in [0.3, 0.4) is 0 Å². The largest absolute Gasteiger partial charge is 0.493 e. The molecule has 4 aromatic rings. The second-order valence-electron chi connectivity index (χ2n) is 11.0. The maximum Gasteiger partial charge on any atom is 0.338 e. The predicted octanol–water partition coefficient (Wildman–Crippen LogP) is 4.71. The predicted molar refractivity (Wildman–Crippen MR) is 179 cm³/mol. The Kier molecular flexibility index (Phi) is 10.7. The third kappa shape index (κ3) is 7.32. The first-order chi connectivity index (χ1) is 23.1. The normalized spacial score (nSPS) is 14.4. The van der Waals surface area contributed by atoms with E-state index in [4.69, 9.17) is 23.7 Å². The minimum Gasteiger partial charge on any atom is -0.493 e. The fourth-order valence-electron chi connectivity index (χ4n) is 5.23. The molecule has 0 saturated heterocycles. The summed E-state index contributed by atoms with van der Waals surface area (Å²) in [5.41, 5.74) is 1.30. The minimum absolute atomic E-state index is 0.00392. The number of para-hydroxylation sites is 1. The second-order valence-corrected chi connectivity index (χ2v) is 12.0. The van der Waals surface area contributed by atoms with Crippen LogP contribution in [0.1, 0.15) is 43.5 Å². The third-order valence-corrected chi connectivity index (χ3v) is 8.35. The summed E-state index contributed by atoms with van der Waals surface area (Å²) in [6.07, 6.45) is 1.23. The second kappa shape index (κ2) is 15.1.